The van der Waals surface area contributed by atoms with Crippen LogP contribution in [0.15, 0.2) is 47.4 Å². The molecule has 0 spiro atoms. The summed E-state index contributed by atoms with van der Waals surface area (Å²) >= 11 is 4.35. The van der Waals surface area contributed by atoms with E-state index in [1.807, 2.05) is 6.07 Å². The average Bonchev–Trinajstić information content (AvgIpc) is 3.03. The predicted molar refractivity (Wildman–Crippen MR) is 118 cm³/mol. The molecule has 4 amide bonds. The minimum absolute atomic E-state index is 0.104. The van der Waals surface area contributed by atoms with Crippen molar-refractivity contribution in [3.05, 3.63) is 64.7 Å². The Morgan fingerprint density at radius 2 is 1.42 bits per heavy atom. The second-order valence-electron chi connectivity index (χ2n) is 7.94. The van der Waals surface area contributed by atoms with Crippen LogP contribution < -0.4 is 0 Å². The summed E-state index contributed by atoms with van der Waals surface area (Å²) in [5.41, 5.74) is 1.51. The first-order valence-electron chi connectivity index (χ1n) is 10.2. The Hall–Kier alpha value is -3.13. The van der Waals surface area contributed by atoms with Crippen molar-refractivity contribution in [1.29, 1.82) is 0 Å². The normalized spacial score (nSPS) is 16.2. The molecule has 160 valence electrons. The van der Waals surface area contributed by atoms with Crippen molar-refractivity contribution in [3.8, 4) is 0 Å². The Morgan fingerprint density at radius 3 is 2.03 bits per heavy atom. The highest BCUT2D eigenvalue weighted by molar-refractivity contribution is 7.80. The van der Waals surface area contributed by atoms with Crippen molar-refractivity contribution in [1.82, 2.24) is 14.7 Å². The molecule has 0 atom stereocenters. The van der Waals surface area contributed by atoms with E-state index in [9.17, 15) is 19.2 Å². The lowest BCUT2D eigenvalue weighted by molar-refractivity contribution is 0.0533. The topological polar surface area (TPSA) is 78.0 Å². The van der Waals surface area contributed by atoms with Crippen LogP contribution in [0.4, 0.5) is 0 Å². The molecule has 2 aliphatic rings. The van der Waals surface area contributed by atoms with E-state index in [2.05, 4.69) is 12.6 Å². The molecule has 31 heavy (non-hydrogen) atoms. The summed E-state index contributed by atoms with van der Waals surface area (Å²) in [6.45, 7) is 5.16. The number of fused-ring (bicyclic) bond motifs is 1. The molecule has 0 radical (unpaired) electrons. The van der Waals surface area contributed by atoms with Crippen molar-refractivity contribution in [3.63, 3.8) is 0 Å². The fraction of sp³-hybridized carbons (Fsp3) is 0.304. The van der Waals surface area contributed by atoms with Crippen LogP contribution in [0.2, 0.25) is 0 Å². The van der Waals surface area contributed by atoms with Crippen LogP contribution in [0.3, 0.4) is 0 Å². The highest BCUT2D eigenvalue weighted by Gasteiger charge is 2.38. The minimum atomic E-state index is -0.370. The van der Waals surface area contributed by atoms with Gasteiger partial charge in [0.15, 0.2) is 0 Å². The zero-order valence-electron chi connectivity index (χ0n) is 17.4. The second-order valence-corrected chi connectivity index (χ2v) is 8.42. The van der Waals surface area contributed by atoms with Gasteiger partial charge in [0.25, 0.3) is 23.6 Å². The number of hydrogen-bond donors (Lipinski definition) is 1. The average molecular weight is 438 g/mol. The van der Waals surface area contributed by atoms with Crippen LogP contribution in [0.5, 0.6) is 0 Å². The number of piperazine rings is 1. The molecule has 0 unspecified atom stereocenters. The first-order chi connectivity index (χ1) is 14.8. The summed E-state index contributed by atoms with van der Waals surface area (Å²) in [5, 5.41) is 0. The number of benzene rings is 2. The van der Waals surface area contributed by atoms with Crippen LogP contribution >= 0.6 is 12.6 Å². The van der Waals surface area contributed by atoms with E-state index in [-0.39, 0.29) is 35.2 Å². The maximum Gasteiger partial charge on any atom is 0.261 e. The van der Waals surface area contributed by atoms with Crippen LogP contribution in [0.1, 0.15) is 55.3 Å². The molecule has 0 bridgehead atoms. The Balaban J connectivity index is 1.46. The van der Waals surface area contributed by atoms with Gasteiger partial charge in [0.1, 0.15) is 0 Å². The molecule has 0 N–H and O–H groups in total. The SMILES string of the molecule is CC(C)N1C(=O)c2ccc(C(=O)N3CCN(C(=O)c4ccccc4S)CC3)cc2C1=O. The molecule has 1 saturated heterocycles. The van der Waals surface area contributed by atoms with Gasteiger partial charge >= 0.3 is 0 Å². The zero-order valence-corrected chi connectivity index (χ0v) is 18.3. The number of imide groups is 1. The molecule has 2 aliphatic heterocycles. The van der Waals surface area contributed by atoms with E-state index in [0.717, 1.165) is 0 Å². The van der Waals surface area contributed by atoms with E-state index >= 15 is 0 Å². The van der Waals surface area contributed by atoms with Gasteiger partial charge in [0.2, 0.25) is 0 Å². The zero-order chi connectivity index (χ0) is 22.3. The molecule has 8 heteroatoms. The standard InChI is InChI=1S/C23H23N3O4S/c1-14(2)26-22(29)16-8-7-15(13-18(16)23(26)30)20(27)24-9-11-25(12-10-24)21(28)17-5-3-4-6-19(17)31/h3-8,13-14,31H,9-12H2,1-2H3. The number of amides is 4. The molecular weight excluding hydrogens is 414 g/mol. The predicted octanol–water partition coefficient (Wildman–Crippen LogP) is 2.58. The lowest BCUT2D eigenvalue weighted by Gasteiger charge is -2.35. The van der Waals surface area contributed by atoms with Crippen molar-refractivity contribution in [2.45, 2.75) is 24.8 Å². The van der Waals surface area contributed by atoms with Crippen LogP contribution in [0.25, 0.3) is 0 Å². The van der Waals surface area contributed by atoms with Gasteiger partial charge < -0.3 is 9.80 Å². The Morgan fingerprint density at radius 1 is 0.839 bits per heavy atom. The number of carbonyl (C=O) groups is 4. The fourth-order valence-corrected chi connectivity index (χ4v) is 4.24. The maximum absolute atomic E-state index is 13.0. The summed E-state index contributed by atoms with van der Waals surface area (Å²) in [6, 6.07) is 11.5. The second kappa shape index (κ2) is 8.19. The molecule has 7 nitrogen and oxygen atoms in total. The van der Waals surface area contributed by atoms with E-state index in [1.54, 1.807) is 54.0 Å². The minimum Gasteiger partial charge on any atom is -0.335 e. The van der Waals surface area contributed by atoms with E-state index < -0.39 is 0 Å². The molecule has 0 saturated carbocycles. The highest BCUT2D eigenvalue weighted by Crippen LogP contribution is 2.26. The number of carbonyl (C=O) groups excluding carboxylic acids is 4. The molecule has 0 aliphatic carbocycles. The van der Waals surface area contributed by atoms with Gasteiger partial charge in [-0.25, -0.2) is 0 Å². The Kier molecular flexibility index (Phi) is 5.58. The number of thiol groups is 1. The van der Waals surface area contributed by atoms with Crippen LogP contribution in [-0.2, 0) is 0 Å². The smallest absolute Gasteiger partial charge is 0.261 e. The van der Waals surface area contributed by atoms with E-state index in [1.165, 1.54) is 11.0 Å². The largest absolute Gasteiger partial charge is 0.335 e. The van der Waals surface area contributed by atoms with Crippen molar-refractivity contribution < 1.29 is 19.2 Å². The number of nitrogens with zero attached hydrogens (tertiary/aromatic N) is 3. The van der Waals surface area contributed by atoms with Gasteiger partial charge in [-0.05, 0) is 44.2 Å². The van der Waals surface area contributed by atoms with E-state index in [0.29, 0.717) is 47.8 Å². The van der Waals surface area contributed by atoms with Gasteiger partial charge in [0, 0.05) is 42.7 Å². The van der Waals surface area contributed by atoms with Gasteiger partial charge in [-0.2, -0.15) is 0 Å². The fourth-order valence-electron chi connectivity index (χ4n) is 3.98. The van der Waals surface area contributed by atoms with E-state index in [4.69, 9.17) is 0 Å². The lowest BCUT2D eigenvalue weighted by Crippen LogP contribution is -2.50. The van der Waals surface area contributed by atoms with Crippen LogP contribution in [0, 0.1) is 0 Å². The van der Waals surface area contributed by atoms with Gasteiger partial charge in [-0.3, -0.25) is 24.1 Å². The molecule has 4 rings (SSSR count). The number of hydrogen-bond acceptors (Lipinski definition) is 5. The summed E-state index contributed by atoms with van der Waals surface area (Å²) in [4.78, 5) is 56.0. The molecule has 0 aromatic heterocycles. The van der Waals surface area contributed by atoms with Gasteiger partial charge in [-0.1, -0.05) is 12.1 Å². The van der Waals surface area contributed by atoms with Gasteiger partial charge in [-0.15, -0.1) is 12.6 Å². The van der Waals surface area contributed by atoms with Gasteiger partial charge in [0.05, 0.1) is 16.7 Å². The molecular formula is C23H23N3O4S. The first kappa shape index (κ1) is 21.1. The third-order valence-electron chi connectivity index (χ3n) is 5.67. The Labute approximate surface area is 186 Å². The van der Waals surface area contributed by atoms with Crippen molar-refractivity contribution >= 4 is 36.3 Å². The Bertz CT molecular complexity index is 1090. The van der Waals surface area contributed by atoms with Crippen LogP contribution in [-0.4, -0.2) is 70.5 Å². The molecule has 2 aromatic carbocycles. The maximum atomic E-state index is 13.0. The summed E-state index contributed by atoms with van der Waals surface area (Å²) in [5.74, 6) is -1.02. The summed E-state index contributed by atoms with van der Waals surface area (Å²) in [7, 11) is 0. The third kappa shape index (κ3) is 3.72. The summed E-state index contributed by atoms with van der Waals surface area (Å²) < 4.78 is 0. The molecule has 2 aromatic rings. The molecule has 1 fully saturated rings. The summed E-state index contributed by atoms with van der Waals surface area (Å²) in [6.07, 6.45) is 0. The lowest BCUT2D eigenvalue weighted by atomic mass is 10.0. The monoisotopic (exact) mass is 437 g/mol. The van der Waals surface area contributed by atoms with Crippen molar-refractivity contribution in [2.24, 2.45) is 0 Å². The third-order valence-corrected chi connectivity index (χ3v) is 6.06. The number of rotatable bonds is 3. The highest BCUT2D eigenvalue weighted by atomic mass is 32.1. The quantitative estimate of drug-likeness (QED) is 0.591. The first-order valence-corrected chi connectivity index (χ1v) is 10.6. The molecule has 2 heterocycles. The van der Waals surface area contributed by atoms with Crippen molar-refractivity contribution in [2.75, 3.05) is 26.2 Å².